The number of ketones is 1. The molecule has 2 N–H and O–H groups in total. The van der Waals surface area contributed by atoms with Crippen LogP contribution in [0.5, 0.6) is 11.5 Å². The number of carbonyl (C=O) groups is 3. The van der Waals surface area contributed by atoms with Gasteiger partial charge in [0.2, 0.25) is 0 Å². The number of para-hydroxylation sites is 1. The van der Waals surface area contributed by atoms with Gasteiger partial charge in [0.25, 0.3) is 11.2 Å². The number of rotatable bonds is 15. The smallest absolute Gasteiger partial charge is 0.431 e. The molecule has 0 aliphatic carbocycles. The number of hydrogen-bond acceptors (Lipinski definition) is 14. The summed E-state index contributed by atoms with van der Waals surface area (Å²) in [6.07, 6.45) is -3.96. The number of halogens is 1. The molecular formula is C34H41FN3O14P. The number of nitro benzene ring substituents is 1. The van der Waals surface area contributed by atoms with Crippen molar-refractivity contribution in [3.63, 3.8) is 0 Å². The largest absolute Gasteiger partial charge is 0.463 e. The van der Waals surface area contributed by atoms with E-state index in [2.05, 4.69) is 0 Å². The Morgan fingerprint density at radius 3 is 2.17 bits per heavy atom. The van der Waals surface area contributed by atoms with Gasteiger partial charge in [-0.25, -0.2) is 13.8 Å². The summed E-state index contributed by atoms with van der Waals surface area (Å²) in [5.41, 5.74) is -4.05. The molecular weight excluding hydrogens is 724 g/mol. The molecule has 3 unspecified atom stereocenters. The summed E-state index contributed by atoms with van der Waals surface area (Å²) in [7, 11) is -3.83. The third-order valence-corrected chi connectivity index (χ3v) is 9.41. The van der Waals surface area contributed by atoms with Gasteiger partial charge in [-0.3, -0.25) is 34.0 Å². The van der Waals surface area contributed by atoms with Crippen molar-refractivity contribution >= 4 is 31.0 Å². The van der Waals surface area contributed by atoms with Crippen LogP contribution in [0.3, 0.4) is 0 Å². The number of aliphatic hydroxyl groups excluding tert-OH is 1. The van der Waals surface area contributed by atoms with Crippen LogP contribution in [0.2, 0.25) is 0 Å². The SMILES string of the molecule is CC(=O)CCC(=O)O[C@@H]1C(CO)OC(n2ccc(=O)[nH]c2=O)[C@]1(C)F.CC(C)OC(=O)[C@H](C)CP(=O)(Oc1ccccc1)Oc1ccc([N+](=O)[O-])cc1. The van der Waals surface area contributed by atoms with Gasteiger partial charge in [0.15, 0.2) is 18.0 Å². The maximum atomic E-state index is 15.3. The number of nitro groups is 1. The molecule has 1 fully saturated rings. The lowest BCUT2D eigenvalue weighted by Gasteiger charge is -2.27. The Balaban J connectivity index is 0.000000287. The molecule has 19 heteroatoms. The van der Waals surface area contributed by atoms with Crippen LogP contribution in [0, 0.1) is 16.0 Å². The van der Waals surface area contributed by atoms with Crippen LogP contribution < -0.4 is 20.3 Å². The summed E-state index contributed by atoms with van der Waals surface area (Å²) in [5.74, 6) is -1.85. The number of Topliss-reactive ketones (excluding diaryl/α,β-unsaturated/α-hetero) is 1. The van der Waals surface area contributed by atoms with Gasteiger partial charge >= 0.3 is 25.2 Å². The van der Waals surface area contributed by atoms with Crippen LogP contribution in [0.4, 0.5) is 10.1 Å². The fraction of sp³-hybridized carbons (Fsp3) is 0.441. The molecule has 0 saturated carbocycles. The average molecular weight is 766 g/mol. The quantitative estimate of drug-likeness (QED) is 0.0953. The van der Waals surface area contributed by atoms with E-state index in [1.54, 1.807) is 51.1 Å². The number of nitrogens with one attached hydrogen (secondary N) is 1. The van der Waals surface area contributed by atoms with Crippen LogP contribution in [-0.4, -0.2) is 74.1 Å². The van der Waals surface area contributed by atoms with Crippen molar-refractivity contribution in [2.75, 3.05) is 12.8 Å². The zero-order chi connectivity index (χ0) is 39.5. The lowest BCUT2D eigenvalue weighted by atomic mass is 9.98. The van der Waals surface area contributed by atoms with E-state index >= 15 is 4.39 Å². The molecule has 2 aromatic carbocycles. The van der Waals surface area contributed by atoms with Gasteiger partial charge in [-0.1, -0.05) is 25.1 Å². The van der Waals surface area contributed by atoms with E-state index in [9.17, 15) is 43.8 Å². The van der Waals surface area contributed by atoms with Gasteiger partial charge in [0.05, 0.1) is 36.1 Å². The van der Waals surface area contributed by atoms with Gasteiger partial charge in [-0.15, -0.1) is 0 Å². The van der Waals surface area contributed by atoms with Crippen molar-refractivity contribution in [3.05, 3.63) is 97.8 Å². The van der Waals surface area contributed by atoms with Gasteiger partial charge in [0, 0.05) is 30.8 Å². The van der Waals surface area contributed by atoms with E-state index in [4.69, 9.17) is 23.3 Å². The van der Waals surface area contributed by atoms with Gasteiger partial charge < -0.3 is 33.2 Å². The van der Waals surface area contributed by atoms with Gasteiger partial charge in [-0.05, 0) is 52.0 Å². The zero-order valence-corrected chi connectivity index (χ0v) is 30.4. The van der Waals surface area contributed by atoms with Crippen LogP contribution in [0.15, 0.2) is 76.4 Å². The molecule has 0 radical (unpaired) electrons. The molecule has 6 atom stereocenters. The van der Waals surface area contributed by atoms with Gasteiger partial charge in [-0.2, -0.15) is 0 Å². The first kappa shape index (κ1) is 42.2. The number of aliphatic hydroxyl groups is 1. The molecule has 1 saturated heterocycles. The van der Waals surface area contributed by atoms with Crippen LogP contribution >= 0.6 is 7.60 Å². The van der Waals surface area contributed by atoms with Crippen LogP contribution in [0.25, 0.3) is 0 Å². The maximum absolute atomic E-state index is 15.3. The van der Waals surface area contributed by atoms with E-state index in [-0.39, 0.29) is 42.3 Å². The zero-order valence-electron chi connectivity index (χ0n) is 29.5. The van der Waals surface area contributed by atoms with E-state index in [0.29, 0.717) is 5.75 Å². The lowest BCUT2D eigenvalue weighted by molar-refractivity contribution is -0.384. The second-order valence-electron chi connectivity index (χ2n) is 12.4. The molecule has 1 aliphatic heterocycles. The van der Waals surface area contributed by atoms with Crippen molar-refractivity contribution < 1.29 is 56.6 Å². The summed E-state index contributed by atoms with van der Waals surface area (Å²) < 4.78 is 56.2. The van der Waals surface area contributed by atoms with Crippen molar-refractivity contribution in [2.24, 2.45) is 5.92 Å². The molecule has 0 bridgehead atoms. The number of aromatic nitrogens is 2. The van der Waals surface area contributed by atoms with E-state index in [1.807, 2.05) is 4.98 Å². The third-order valence-electron chi connectivity index (χ3n) is 7.44. The Morgan fingerprint density at radius 2 is 1.64 bits per heavy atom. The molecule has 53 heavy (non-hydrogen) atoms. The fourth-order valence-electron chi connectivity index (χ4n) is 4.91. The summed E-state index contributed by atoms with van der Waals surface area (Å²) in [6, 6.07) is 14.6. The number of non-ortho nitro benzene ring substituents is 1. The number of aromatic amines is 1. The normalized spacial score (nSPS) is 20.9. The number of esters is 2. The summed E-state index contributed by atoms with van der Waals surface area (Å²) in [5, 5.41) is 20.2. The molecule has 1 aromatic heterocycles. The van der Waals surface area contributed by atoms with Crippen LogP contribution in [0.1, 0.15) is 53.7 Å². The molecule has 3 aromatic rings. The minimum absolute atomic E-state index is 0.0536. The minimum atomic E-state index is -3.83. The molecule has 1 aliphatic rings. The topological polar surface area (TPSA) is 233 Å². The second-order valence-corrected chi connectivity index (χ2v) is 14.4. The van der Waals surface area contributed by atoms with Gasteiger partial charge in [0.1, 0.15) is 23.4 Å². The third kappa shape index (κ3) is 12.2. The van der Waals surface area contributed by atoms with Crippen molar-refractivity contribution in [3.8, 4) is 11.5 Å². The van der Waals surface area contributed by atoms with E-state index in [1.165, 1.54) is 31.2 Å². The van der Waals surface area contributed by atoms with Crippen LogP contribution in [-0.2, 0) is 33.2 Å². The first-order valence-electron chi connectivity index (χ1n) is 16.3. The Bertz CT molecular complexity index is 1900. The Labute approximate surface area is 302 Å². The maximum Gasteiger partial charge on any atom is 0.431 e. The number of alkyl halides is 1. The molecule has 4 rings (SSSR count). The standard InChI is InChI=1S/C19H22NO7P.C15H19FN2O7/c1-14(2)25-19(21)15(3)13-28(24,26-17-7-5-4-6-8-17)27-18-11-9-16(10-12-18)20(22)23;1-8(20)3-4-11(22)25-12-9(7-19)24-13(15(12,2)16)18-6-5-10(21)17-14(18)23/h4-12,14-15H,13H2,1-3H3;5-6,9,12-13,19H,3-4,7H2,1-2H3,(H,17,21,23)/t15-,28?;9?,12-,13?,15-/m11/s1. The number of carbonyl (C=O) groups excluding carboxylic acids is 3. The molecule has 0 spiro atoms. The first-order chi connectivity index (χ1) is 24.8. The predicted octanol–water partition coefficient (Wildman–Crippen LogP) is 4.27. The number of nitrogens with zero attached hydrogens (tertiary/aromatic N) is 2. The Hall–Kier alpha value is -5.19. The highest BCUT2D eigenvalue weighted by Crippen LogP contribution is 2.50. The number of hydrogen-bond donors (Lipinski definition) is 2. The van der Waals surface area contributed by atoms with Crippen molar-refractivity contribution in [2.45, 2.75) is 77.7 Å². The second kappa shape index (κ2) is 18.5. The predicted molar refractivity (Wildman–Crippen MR) is 185 cm³/mol. The first-order valence-corrected chi connectivity index (χ1v) is 18.0. The number of ether oxygens (including phenoxy) is 3. The number of benzene rings is 2. The highest BCUT2D eigenvalue weighted by atomic mass is 31.2. The average Bonchev–Trinajstić information content (AvgIpc) is 3.32. The molecule has 288 valence electrons. The fourth-order valence-corrected chi connectivity index (χ4v) is 6.81. The Kier molecular flexibility index (Phi) is 14.8. The summed E-state index contributed by atoms with van der Waals surface area (Å²) in [4.78, 5) is 70.1. The minimum Gasteiger partial charge on any atom is -0.463 e. The highest BCUT2D eigenvalue weighted by molar-refractivity contribution is 7.54. The number of H-pyrrole nitrogens is 1. The lowest BCUT2D eigenvalue weighted by Crippen LogP contribution is -2.46. The van der Waals surface area contributed by atoms with E-state index < -0.39 is 72.3 Å². The molecule has 0 amide bonds. The van der Waals surface area contributed by atoms with Crippen molar-refractivity contribution in [1.29, 1.82) is 0 Å². The Morgan fingerprint density at radius 1 is 1.04 bits per heavy atom. The van der Waals surface area contributed by atoms with Crippen molar-refractivity contribution in [1.82, 2.24) is 9.55 Å². The molecule has 17 nitrogen and oxygen atoms in total. The highest BCUT2D eigenvalue weighted by Gasteiger charge is 2.58. The summed E-state index contributed by atoms with van der Waals surface area (Å²) >= 11 is 0. The monoisotopic (exact) mass is 765 g/mol. The van der Waals surface area contributed by atoms with E-state index in [0.717, 1.165) is 23.8 Å². The molecule has 2 heterocycles. The summed E-state index contributed by atoms with van der Waals surface area (Å²) in [6.45, 7) is 6.73.